The summed E-state index contributed by atoms with van der Waals surface area (Å²) in [7, 11) is 0. The number of amides is 2. The molecular weight excluding hydrogens is 404 g/mol. The van der Waals surface area contributed by atoms with E-state index in [1.165, 1.54) is 16.5 Å². The smallest absolute Gasteiger partial charge is 0.292 e. The van der Waals surface area contributed by atoms with Crippen molar-refractivity contribution in [3.63, 3.8) is 0 Å². The number of anilines is 1. The van der Waals surface area contributed by atoms with Crippen LogP contribution in [0.5, 0.6) is 0 Å². The number of thiophene rings is 1. The average Bonchev–Trinajstić information content (AvgIpc) is 3.25. The van der Waals surface area contributed by atoms with Crippen molar-refractivity contribution >= 4 is 34.5 Å². The zero-order chi connectivity index (χ0) is 21.1. The molecule has 1 fully saturated rings. The second-order valence-electron chi connectivity index (χ2n) is 7.55. The number of hydrogen-bond acceptors (Lipinski definition) is 6. The van der Waals surface area contributed by atoms with Crippen molar-refractivity contribution in [3.05, 3.63) is 56.3 Å². The molecule has 0 radical (unpaired) electrons. The quantitative estimate of drug-likeness (QED) is 0.540. The fourth-order valence-corrected chi connectivity index (χ4v) is 4.96. The van der Waals surface area contributed by atoms with Gasteiger partial charge >= 0.3 is 0 Å². The van der Waals surface area contributed by atoms with Crippen LogP contribution in [-0.2, 0) is 22.6 Å². The fourth-order valence-electron chi connectivity index (χ4n) is 4.07. The fraction of sp³-hybridized carbons (Fsp3) is 0.429. The normalized spacial score (nSPS) is 16.3. The van der Waals surface area contributed by atoms with Crippen LogP contribution >= 0.6 is 11.3 Å². The molecule has 0 aliphatic carbocycles. The molecule has 1 aromatic heterocycles. The molecule has 9 heteroatoms. The molecule has 0 spiro atoms. The van der Waals surface area contributed by atoms with E-state index in [1.807, 2.05) is 9.80 Å². The van der Waals surface area contributed by atoms with Gasteiger partial charge in [0.05, 0.1) is 4.92 Å². The van der Waals surface area contributed by atoms with Gasteiger partial charge in [0.15, 0.2) is 0 Å². The molecule has 1 saturated heterocycles. The van der Waals surface area contributed by atoms with Gasteiger partial charge in [0.1, 0.15) is 5.69 Å². The van der Waals surface area contributed by atoms with Gasteiger partial charge in [-0.1, -0.05) is 12.1 Å². The highest BCUT2D eigenvalue weighted by Gasteiger charge is 2.27. The van der Waals surface area contributed by atoms with Crippen LogP contribution in [0.1, 0.15) is 23.3 Å². The first-order chi connectivity index (χ1) is 14.5. The highest BCUT2D eigenvalue weighted by atomic mass is 32.1. The average molecular weight is 429 g/mol. The van der Waals surface area contributed by atoms with E-state index in [2.05, 4.69) is 11.4 Å². The second-order valence-corrected chi connectivity index (χ2v) is 8.55. The van der Waals surface area contributed by atoms with Crippen LogP contribution < -0.4 is 4.90 Å². The van der Waals surface area contributed by atoms with Crippen LogP contribution in [0.4, 0.5) is 11.4 Å². The molecule has 2 aliphatic rings. The van der Waals surface area contributed by atoms with Crippen LogP contribution in [-0.4, -0.2) is 59.3 Å². The summed E-state index contributed by atoms with van der Waals surface area (Å²) in [5, 5.41) is 13.3. The minimum atomic E-state index is -0.377. The van der Waals surface area contributed by atoms with E-state index in [0.717, 1.165) is 13.0 Å². The lowest BCUT2D eigenvalue weighted by Crippen LogP contribution is -2.49. The number of hydrogen-bond donors (Lipinski definition) is 0. The number of carbonyl (C=O) groups excluding carboxylic acids is 2. The largest absolute Gasteiger partial charge is 0.362 e. The number of nitro groups is 1. The first-order valence-corrected chi connectivity index (χ1v) is 11.0. The Morgan fingerprint density at radius 1 is 0.967 bits per heavy atom. The molecule has 0 N–H and O–H groups in total. The molecule has 30 heavy (non-hydrogen) atoms. The summed E-state index contributed by atoms with van der Waals surface area (Å²) >= 11 is 1.74. The van der Waals surface area contributed by atoms with E-state index >= 15 is 0 Å². The van der Waals surface area contributed by atoms with Crippen molar-refractivity contribution in [1.82, 2.24) is 9.80 Å². The lowest BCUT2D eigenvalue weighted by molar-refractivity contribution is -0.384. The molecule has 8 nitrogen and oxygen atoms in total. The molecule has 0 bridgehead atoms. The van der Waals surface area contributed by atoms with E-state index in [0.29, 0.717) is 38.4 Å². The summed E-state index contributed by atoms with van der Waals surface area (Å²) in [4.78, 5) is 42.9. The molecule has 158 valence electrons. The van der Waals surface area contributed by atoms with Crippen molar-refractivity contribution in [3.8, 4) is 0 Å². The van der Waals surface area contributed by atoms with Crippen LogP contribution in [0.15, 0.2) is 35.7 Å². The maximum Gasteiger partial charge on any atom is 0.292 e. The Morgan fingerprint density at radius 2 is 1.67 bits per heavy atom. The molecule has 4 rings (SSSR count). The SMILES string of the molecule is O=C(CCC(=O)N1CCc2sccc2C1)N1CCN(c2ccccc2[N+](=O)[O-])CC1. The van der Waals surface area contributed by atoms with Gasteiger partial charge in [-0.25, -0.2) is 0 Å². The Balaban J connectivity index is 1.26. The van der Waals surface area contributed by atoms with E-state index in [-0.39, 0.29) is 35.3 Å². The Labute approximate surface area is 178 Å². The Morgan fingerprint density at radius 3 is 2.40 bits per heavy atom. The molecule has 0 unspecified atom stereocenters. The first kappa shape index (κ1) is 20.3. The summed E-state index contributed by atoms with van der Waals surface area (Å²) in [6.07, 6.45) is 1.32. The van der Waals surface area contributed by atoms with E-state index < -0.39 is 0 Å². The third kappa shape index (κ3) is 4.30. The van der Waals surface area contributed by atoms with Gasteiger partial charge in [-0.3, -0.25) is 19.7 Å². The van der Waals surface area contributed by atoms with Gasteiger partial charge in [0.25, 0.3) is 5.69 Å². The molecule has 2 aromatic rings. The summed E-state index contributed by atoms with van der Waals surface area (Å²) in [5.74, 6) is -0.00228. The highest BCUT2D eigenvalue weighted by Crippen LogP contribution is 2.28. The van der Waals surface area contributed by atoms with Crippen molar-refractivity contribution in [2.24, 2.45) is 0 Å². The van der Waals surface area contributed by atoms with E-state index in [1.54, 1.807) is 34.4 Å². The molecule has 1 aromatic carbocycles. The maximum absolute atomic E-state index is 12.6. The first-order valence-electron chi connectivity index (χ1n) is 10.1. The van der Waals surface area contributed by atoms with Crippen molar-refractivity contribution in [1.29, 1.82) is 0 Å². The van der Waals surface area contributed by atoms with Gasteiger partial charge in [-0.05, 0) is 29.5 Å². The number of nitro benzene ring substituents is 1. The predicted molar refractivity (Wildman–Crippen MR) is 115 cm³/mol. The molecule has 0 saturated carbocycles. The monoisotopic (exact) mass is 428 g/mol. The zero-order valence-corrected chi connectivity index (χ0v) is 17.5. The van der Waals surface area contributed by atoms with Gasteiger partial charge in [0.2, 0.25) is 11.8 Å². The van der Waals surface area contributed by atoms with Crippen LogP contribution in [0.25, 0.3) is 0 Å². The Kier molecular flexibility index (Phi) is 5.98. The van der Waals surface area contributed by atoms with E-state index in [4.69, 9.17) is 0 Å². The summed E-state index contributed by atoms with van der Waals surface area (Å²) < 4.78 is 0. The number of piperazine rings is 1. The van der Waals surface area contributed by atoms with Gasteiger partial charge < -0.3 is 14.7 Å². The highest BCUT2D eigenvalue weighted by molar-refractivity contribution is 7.10. The standard InChI is InChI=1S/C21H24N4O4S/c26-20(5-6-21(27)24-9-7-19-16(15-24)8-14-30-19)23-12-10-22(11-13-23)17-3-1-2-4-18(17)25(28)29/h1-4,8,14H,5-7,9-13,15H2. The number of fused-ring (bicyclic) bond motifs is 1. The lowest BCUT2D eigenvalue weighted by atomic mass is 10.1. The minimum Gasteiger partial charge on any atom is -0.362 e. The van der Waals surface area contributed by atoms with Crippen molar-refractivity contribution in [2.45, 2.75) is 25.8 Å². The van der Waals surface area contributed by atoms with Crippen molar-refractivity contribution in [2.75, 3.05) is 37.6 Å². The van der Waals surface area contributed by atoms with Gasteiger partial charge in [-0.2, -0.15) is 0 Å². The summed E-state index contributed by atoms with van der Waals surface area (Å²) in [6, 6.07) is 8.75. The van der Waals surface area contributed by atoms with E-state index in [9.17, 15) is 19.7 Å². The molecule has 0 atom stereocenters. The second kappa shape index (κ2) is 8.83. The Hall–Kier alpha value is -2.94. The van der Waals surface area contributed by atoms with Crippen LogP contribution in [0, 0.1) is 10.1 Å². The number of rotatable bonds is 5. The number of nitrogens with zero attached hydrogens (tertiary/aromatic N) is 4. The van der Waals surface area contributed by atoms with Gasteiger partial charge in [0, 0.05) is 63.1 Å². The van der Waals surface area contributed by atoms with Crippen molar-refractivity contribution < 1.29 is 14.5 Å². The third-order valence-corrected chi connectivity index (χ3v) is 6.79. The number of benzene rings is 1. The molecule has 3 heterocycles. The topological polar surface area (TPSA) is 87.0 Å². The van der Waals surface area contributed by atoms with Crippen LogP contribution in [0.2, 0.25) is 0 Å². The van der Waals surface area contributed by atoms with Crippen LogP contribution in [0.3, 0.4) is 0 Å². The summed E-state index contributed by atoms with van der Waals surface area (Å²) in [6.45, 7) is 3.44. The maximum atomic E-state index is 12.6. The third-order valence-electron chi connectivity index (χ3n) is 5.76. The molecular formula is C21H24N4O4S. The summed E-state index contributed by atoms with van der Waals surface area (Å²) in [5.41, 5.74) is 1.89. The number of carbonyl (C=O) groups is 2. The molecule has 2 amide bonds. The molecule has 2 aliphatic heterocycles. The zero-order valence-electron chi connectivity index (χ0n) is 16.7. The minimum absolute atomic E-state index is 0.0266. The Bertz CT molecular complexity index is 952. The van der Waals surface area contributed by atoms with Gasteiger partial charge in [-0.15, -0.1) is 11.3 Å². The number of para-hydroxylation sites is 2. The predicted octanol–water partition coefficient (Wildman–Crippen LogP) is 2.67. The lowest BCUT2D eigenvalue weighted by Gasteiger charge is -2.36.